The van der Waals surface area contributed by atoms with E-state index in [4.69, 9.17) is 193 Å². The first kappa shape index (κ1) is 121. The van der Waals surface area contributed by atoms with Gasteiger partial charge >= 0.3 is 24.6 Å². The number of hydrogen-bond acceptors (Lipinski definition) is 24. The van der Waals surface area contributed by atoms with Crippen molar-refractivity contribution in [2.75, 3.05) is 7.11 Å². The Labute approximate surface area is 916 Å². The van der Waals surface area contributed by atoms with Crippen LogP contribution in [0, 0.1) is 73.0 Å². The van der Waals surface area contributed by atoms with Gasteiger partial charge < -0.3 is 38.0 Å². The number of nitriles is 4. The molecule has 3 heterocycles. The van der Waals surface area contributed by atoms with Crippen LogP contribution in [0.5, 0.6) is 17.2 Å². The summed E-state index contributed by atoms with van der Waals surface area (Å²) in [4.78, 5) is 75.6. The van der Waals surface area contributed by atoms with Crippen LogP contribution in [-0.4, -0.2) is 63.9 Å². The number of nitrogens with zero attached hydrogens (tertiary/aromatic N) is 7. The second-order valence-electron chi connectivity index (χ2n) is 33.7. The summed E-state index contributed by atoms with van der Waals surface area (Å²) in [6, 6.07) is 79.7. The van der Waals surface area contributed by atoms with Gasteiger partial charge in [0.15, 0.2) is 0 Å². The molecule has 3 fully saturated rings. The number of aliphatic hydroxyl groups excluding tert-OH is 2. The summed E-state index contributed by atoms with van der Waals surface area (Å²) < 4.78 is 35.8. The molecule has 0 bridgehead atoms. The van der Waals surface area contributed by atoms with Crippen LogP contribution in [0.4, 0.5) is 0 Å². The minimum absolute atomic E-state index is 0.0429. The molecule has 3 aliphatic rings. The Balaban J connectivity index is 0.000000247. The van der Waals surface area contributed by atoms with Crippen LogP contribution in [0.25, 0.3) is 33.8 Å². The summed E-state index contributed by atoms with van der Waals surface area (Å²) in [5, 5.41) is 72.6. The molecule has 0 amide bonds. The summed E-state index contributed by atoms with van der Waals surface area (Å²) in [6.45, 7) is 20.7. The molecule has 6 unspecified atom stereocenters. The smallest absolute Gasteiger partial charge is 0.373 e. The molecule has 0 spiro atoms. The number of hydrogen-bond donors (Lipinski definition) is 2. The summed E-state index contributed by atoms with van der Waals surface area (Å²) >= 11 is 70.3. The number of halogens is 12. The summed E-state index contributed by atoms with van der Waals surface area (Å²) in [5.41, 5.74) is 15.6. The topological polar surface area (TPSA) is 395 Å². The summed E-state index contributed by atoms with van der Waals surface area (Å²) in [7, 11) is 1.00. The minimum Gasteiger partial charge on any atom is -0.489 e. The molecule has 17 rings (SSSR count). The van der Waals surface area contributed by atoms with E-state index in [2.05, 4.69) is 103 Å². The number of carbonyl (C=O) groups is 1. The maximum absolute atomic E-state index is 10.6. The van der Waals surface area contributed by atoms with Gasteiger partial charge in [0.1, 0.15) is 64.8 Å². The highest BCUT2D eigenvalue weighted by Gasteiger charge is 2.59. The van der Waals surface area contributed by atoms with Crippen molar-refractivity contribution in [3.05, 3.63) is 379 Å². The third-order valence-corrected chi connectivity index (χ3v) is 27.6. The Morgan fingerprint density at radius 3 is 0.946 bits per heavy atom. The van der Waals surface area contributed by atoms with Crippen LogP contribution in [0.3, 0.4) is 0 Å². The lowest BCUT2D eigenvalue weighted by Gasteiger charge is -2.13. The molecule has 3 saturated carbocycles. The van der Waals surface area contributed by atoms with Crippen molar-refractivity contribution in [3.8, 4) is 75.3 Å². The van der Waals surface area contributed by atoms with Gasteiger partial charge in [-0.3, -0.25) is 4.79 Å². The lowest BCUT2D eigenvalue weighted by atomic mass is 9.91. The number of carbonyl (C=O) groups excluding carboxylic acids is 9. The number of ether oxygens (including phenoxy) is 3. The minimum atomic E-state index is -0.691. The molecule has 0 saturated heterocycles. The van der Waals surface area contributed by atoms with Gasteiger partial charge in [-0.15, -0.1) is 0 Å². The van der Waals surface area contributed by atoms with E-state index in [-0.39, 0.29) is 79.9 Å². The first-order valence-corrected chi connectivity index (χ1v) is 49.8. The molecule has 36 heteroatoms. The first-order chi connectivity index (χ1) is 70.3. The van der Waals surface area contributed by atoms with Gasteiger partial charge in [0.25, 0.3) is 6.47 Å². The molecule has 0 aliphatic heterocycles. The second-order valence-corrected chi connectivity index (χ2v) is 39.6. The fraction of sp³-hybridized carbons (Fsp3) is 0.243. The van der Waals surface area contributed by atoms with Gasteiger partial charge in [0.05, 0.1) is 94.8 Å². The Hall–Kier alpha value is -12.6. The van der Waals surface area contributed by atoms with Crippen LogP contribution in [-0.2, 0) is 85.6 Å². The van der Waals surface area contributed by atoms with Crippen LogP contribution >= 0.6 is 148 Å². The van der Waals surface area contributed by atoms with Crippen molar-refractivity contribution in [2.45, 2.75) is 166 Å². The lowest BCUT2D eigenvalue weighted by Crippen LogP contribution is -2.07. The monoisotopic (exact) mass is 2300 g/mol. The van der Waals surface area contributed by atoms with Crippen molar-refractivity contribution in [1.82, 2.24) is 15.5 Å². The average Bonchev–Trinajstić information content (AvgIpc) is 1.57. The quantitative estimate of drug-likeness (QED) is 0.0595. The Kier molecular flexibility index (Phi) is 48.5. The highest BCUT2D eigenvalue weighted by atomic mass is 79.9. The van der Waals surface area contributed by atoms with Crippen LogP contribution in [0.1, 0.15) is 191 Å². The van der Waals surface area contributed by atoms with E-state index >= 15 is 0 Å². The maximum Gasteiger partial charge on any atom is 0.373 e. The third-order valence-electron chi connectivity index (χ3n) is 23.3. The standard InChI is InChI=1S/C30H23Cl3N2O4.C30H25Cl3N2O2.C17H13BrClN.C13H13Cl2NO2.C9H9N.C7H6BrCl.4CO2.CH4O/c1-17(2)29-22(28(35-39-29)27-24(31)4-3-5-25(27)32)14-37-20-10-11-21(26(33)12-20)23-13-30(23,15-34)18-6-8-19(9-7-18)38-16-36;1-17(2)29-22(28(35-37-29)27-24(31)5-4-6-25(27)32)15-36-20-11-12-21(26(33)13-20)23-14-30(23,16-34)19-9-7-18(3)8-10-19;1-11-2-4-12(5-3-11)17(10-20)9-15(17)14-7-6-13(18)8-16(14)19;1-7(2)13-8(6-17)12(16-18-13)11-9(14)4-3-5-10(11)15;1-8-2-4-9(5-3-8)6-7-10;1-5-2-3-6(8)4-7(5)9;4*2-1-3;1-2/h3-12,16-17,23H,13-14H2,1-2H3;4-13,17,23H,14-15H2,1-3H3;2-8,15H,9H2,1H3;3-5,7,17H,6H2,1-2H3;2-5H,6H2,1H3;2-4H,1H3;;;;;2H,1H3. The van der Waals surface area contributed by atoms with Gasteiger partial charge in [-0.2, -0.15) is 59.4 Å². The van der Waals surface area contributed by atoms with Gasteiger partial charge in [-0.05, 0) is 189 Å². The normalized spacial score (nSPS) is 15.6. The van der Waals surface area contributed by atoms with Crippen LogP contribution in [0.15, 0.2) is 247 Å². The van der Waals surface area contributed by atoms with Crippen molar-refractivity contribution in [3.63, 3.8) is 0 Å². The van der Waals surface area contributed by atoms with E-state index in [1.165, 1.54) is 16.7 Å². The zero-order valence-corrected chi connectivity index (χ0v) is 91.3. The number of aryl methyl sites for hydroxylation is 4. The van der Waals surface area contributed by atoms with Crippen molar-refractivity contribution < 1.29 is 81.1 Å². The predicted molar refractivity (Wildman–Crippen MR) is 567 cm³/mol. The molecule has 6 atom stereocenters. The van der Waals surface area contributed by atoms with E-state index in [0.717, 1.165) is 94.6 Å². The van der Waals surface area contributed by atoms with Gasteiger partial charge in [-0.25, -0.2) is 0 Å². The fourth-order valence-electron chi connectivity index (χ4n) is 15.8. The first-order valence-electron chi connectivity index (χ1n) is 44.4. The maximum atomic E-state index is 10.6. The molecule has 24 nitrogen and oxygen atoms in total. The van der Waals surface area contributed by atoms with Crippen molar-refractivity contribution in [2.24, 2.45) is 0 Å². The Morgan fingerprint density at radius 1 is 0.388 bits per heavy atom. The molecule has 0 radical (unpaired) electrons. The molecular weight excluding hydrogens is 2220 g/mol. The Morgan fingerprint density at radius 2 is 0.667 bits per heavy atom. The van der Waals surface area contributed by atoms with E-state index in [1.54, 1.807) is 78.9 Å². The lowest BCUT2D eigenvalue weighted by molar-refractivity contribution is -0.193. The molecule has 147 heavy (non-hydrogen) atoms. The molecule has 11 aromatic carbocycles. The Bertz CT molecular complexity index is 7070. The van der Waals surface area contributed by atoms with Gasteiger partial charge in [-0.1, -0.05) is 349 Å². The van der Waals surface area contributed by atoms with Gasteiger partial charge in [0.2, 0.25) is 0 Å². The summed E-state index contributed by atoms with van der Waals surface area (Å²) in [5.74, 6) is 4.10. The SMILES string of the molecule is CC(C)c1onc(-c2c(Cl)cccc2Cl)c1CO.CC(C)c1onc(-c2c(Cl)cccc2Cl)c1COc1ccc(C2CC2(C#N)c2ccc(OC=O)cc2)c(Cl)c1.CO.Cc1ccc(Br)cc1Cl.Cc1ccc(C2(C#N)CC2c2ccc(Br)cc2Cl)cc1.Cc1ccc(C2(C#N)CC2c2ccc(OCc3c(-c4c(Cl)cccc4Cl)noc3C(C)C)cc2Cl)cc1.Cc1ccc(CC#N)cc1.O=C=O.O=C=O.O=C=O.O=C=O. The largest absolute Gasteiger partial charge is 0.489 e. The van der Waals surface area contributed by atoms with E-state index in [0.29, 0.717) is 133 Å². The number of aliphatic hydroxyl groups is 2. The molecule has 2 N–H and O–H groups in total. The second kappa shape index (κ2) is 58.8. The molecule has 3 aliphatic carbocycles. The van der Waals surface area contributed by atoms with Crippen LogP contribution in [0.2, 0.25) is 50.2 Å². The fourth-order valence-corrected chi connectivity index (χ4v) is 19.6. The molecular formula is C111H93Br2Cl10N7O17. The van der Waals surface area contributed by atoms with E-state index in [9.17, 15) is 25.7 Å². The number of benzene rings is 11. The predicted octanol–water partition coefficient (Wildman–Crippen LogP) is 30.1. The van der Waals surface area contributed by atoms with E-state index < -0.39 is 16.2 Å². The molecule has 14 aromatic rings. The zero-order valence-electron chi connectivity index (χ0n) is 80.5. The molecule has 3 aromatic heterocycles. The van der Waals surface area contributed by atoms with Gasteiger partial charge in [0, 0.05) is 93.9 Å². The number of rotatable bonds is 22. The highest BCUT2D eigenvalue weighted by molar-refractivity contribution is 9.10. The number of aromatic nitrogens is 3. The zero-order chi connectivity index (χ0) is 109. The third kappa shape index (κ3) is 32.0. The van der Waals surface area contributed by atoms with Crippen LogP contribution < -0.4 is 14.2 Å². The molecule has 758 valence electrons. The van der Waals surface area contributed by atoms with E-state index in [1.807, 2.05) is 184 Å². The van der Waals surface area contributed by atoms with Crippen molar-refractivity contribution in [1.29, 1.82) is 21.0 Å². The average molecular weight is 2310 g/mol. The van der Waals surface area contributed by atoms with Crippen molar-refractivity contribution >= 4 is 179 Å². The highest BCUT2D eigenvalue weighted by Crippen LogP contribution is 2.64. The summed E-state index contributed by atoms with van der Waals surface area (Å²) in [6.07, 6.45) is 3.73.